The first-order chi connectivity index (χ1) is 18.9. The zero-order valence-electron chi connectivity index (χ0n) is 22.5. The Morgan fingerprint density at radius 1 is 1.00 bits per heavy atom. The molecule has 40 heavy (non-hydrogen) atoms. The highest BCUT2D eigenvalue weighted by Gasteiger charge is 2.36. The van der Waals surface area contributed by atoms with Gasteiger partial charge < -0.3 is 4.74 Å². The first-order valence-corrected chi connectivity index (χ1v) is 17.8. The van der Waals surface area contributed by atoms with Crippen LogP contribution in [0.2, 0.25) is 25.7 Å². The van der Waals surface area contributed by atoms with Crippen LogP contribution in [-0.4, -0.2) is 31.0 Å². The van der Waals surface area contributed by atoms with Crippen LogP contribution in [0.25, 0.3) is 21.9 Å². The van der Waals surface area contributed by atoms with Gasteiger partial charge in [0.25, 0.3) is 5.56 Å². The van der Waals surface area contributed by atoms with Crippen LogP contribution in [0.3, 0.4) is 0 Å². The maximum absolute atomic E-state index is 13.7. The monoisotopic (exact) mass is 581 g/mol. The third kappa shape index (κ3) is 5.90. The fraction of sp³-hybridized carbons (Fsp3) is 0.290. The molecule has 0 fully saturated rings. The number of thioether (sulfide) groups is 1. The summed E-state index contributed by atoms with van der Waals surface area (Å²) in [6.45, 7) is 6.85. The van der Waals surface area contributed by atoms with Crippen LogP contribution in [0.1, 0.15) is 22.7 Å². The Hall–Kier alpha value is -3.30. The van der Waals surface area contributed by atoms with Gasteiger partial charge in [0.2, 0.25) is 0 Å². The molecule has 1 aromatic heterocycles. The molecule has 1 aliphatic heterocycles. The minimum atomic E-state index is -4.52. The molecule has 1 atom stereocenters. The van der Waals surface area contributed by atoms with Gasteiger partial charge in [-0.05, 0) is 52.1 Å². The van der Waals surface area contributed by atoms with E-state index in [1.54, 1.807) is 6.07 Å². The highest BCUT2D eigenvalue weighted by molar-refractivity contribution is 7.99. The smallest absolute Gasteiger partial charge is 0.416 e. The molecular formula is C31H30F3NO3SSi. The highest BCUT2D eigenvalue weighted by Crippen LogP contribution is 2.43. The van der Waals surface area contributed by atoms with Gasteiger partial charge in [-0.2, -0.15) is 13.2 Å². The topological polar surface area (TPSA) is 48.3 Å². The standard InChI is InChI=1S/C31H30F3NO3SSi/c1-40(2,3)15-14-38-30(37)26-19-39-29-28(22-11-7-12-24(17-22)31(32,33)34)23(18-27(36)35(26)29)16-21-10-6-9-20-8-4-5-13-25(20)21/h4-13,17-18,26H,14-16,19H2,1-3H3. The molecule has 1 unspecified atom stereocenters. The molecule has 0 saturated heterocycles. The van der Waals surface area contributed by atoms with Gasteiger partial charge >= 0.3 is 12.1 Å². The summed E-state index contributed by atoms with van der Waals surface area (Å²) in [6, 6.07) is 20.4. The number of ether oxygens (including phenoxy) is 1. The number of halogens is 3. The quantitative estimate of drug-likeness (QED) is 0.165. The number of esters is 1. The van der Waals surface area contributed by atoms with Crippen molar-refractivity contribution in [3.63, 3.8) is 0 Å². The minimum Gasteiger partial charge on any atom is -0.464 e. The van der Waals surface area contributed by atoms with E-state index in [1.165, 1.54) is 28.5 Å². The van der Waals surface area contributed by atoms with Crippen molar-refractivity contribution in [2.75, 3.05) is 12.4 Å². The maximum atomic E-state index is 13.7. The number of carbonyl (C=O) groups excluding carboxylic acids is 1. The number of hydrogen-bond donors (Lipinski definition) is 0. The summed E-state index contributed by atoms with van der Waals surface area (Å²) in [6.07, 6.45) is -4.17. The fourth-order valence-electron chi connectivity index (χ4n) is 5.00. The number of nitrogens with zero attached hydrogens (tertiary/aromatic N) is 1. The van der Waals surface area contributed by atoms with Crippen LogP contribution < -0.4 is 5.56 Å². The van der Waals surface area contributed by atoms with Gasteiger partial charge in [-0.25, -0.2) is 4.79 Å². The summed E-state index contributed by atoms with van der Waals surface area (Å²) in [5.41, 5.74) is 1.35. The lowest BCUT2D eigenvalue weighted by atomic mass is 9.93. The SMILES string of the molecule is C[Si](C)(C)CCOC(=O)C1CSc2c(-c3cccc(C(F)(F)F)c3)c(Cc3cccc4ccccc34)cc(=O)n21. The Morgan fingerprint density at radius 3 is 2.48 bits per heavy atom. The van der Waals surface area contributed by atoms with Gasteiger partial charge in [0.05, 0.1) is 17.2 Å². The molecule has 208 valence electrons. The molecule has 2 heterocycles. The number of rotatable bonds is 7. The van der Waals surface area contributed by atoms with Crippen molar-refractivity contribution in [3.05, 3.63) is 99.8 Å². The molecule has 4 aromatic rings. The molecule has 0 amide bonds. The molecular weight excluding hydrogens is 551 g/mol. The minimum absolute atomic E-state index is 0.282. The van der Waals surface area contributed by atoms with E-state index in [0.717, 1.165) is 34.5 Å². The first kappa shape index (κ1) is 28.2. The summed E-state index contributed by atoms with van der Waals surface area (Å²) in [5, 5.41) is 2.54. The van der Waals surface area contributed by atoms with E-state index < -0.39 is 31.8 Å². The van der Waals surface area contributed by atoms with E-state index >= 15 is 0 Å². The molecule has 0 N–H and O–H groups in total. The largest absolute Gasteiger partial charge is 0.464 e. The third-order valence-corrected chi connectivity index (χ3v) is 9.95. The normalized spacial score (nSPS) is 15.3. The number of benzene rings is 3. The molecule has 9 heteroatoms. The van der Waals surface area contributed by atoms with Crippen molar-refractivity contribution in [2.45, 2.75) is 49.4 Å². The van der Waals surface area contributed by atoms with E-state index in [0.29, 0.717) is 34.7 Å². The van der Waals surface area contributed by atoms with Crippen LogP contribution in [0.15, 0.2) is 82.6 Å². The van der Waals surface area contributed by atoms with Crippen LogP contribution in [0.4, 0.5) is 13.2 Å². The Morgan fingerprint density at radius 2 is 1.73 bits per heavy atom. The van der Waals surface area contributed by atoms with Gasteiger partial charge in [-0.3, -0.25) is 9.36 Å². The van der Waals surface area contributed by atoms with Crippen LogP contribution in [0.5, 0.6) is 0 Å². The van der Waals surface area contributed by atoms with Gasteiger partial charge in [0.15, 0.2) is 0 Å². The van der Waals surface area contributed by atoms with Crippen molar-refractivity contribution < 1.29 is 22.7 Å². The number of carbonyl (C=O) groups is 1. The molecule has 0 aliphatic carbocycles. The van der Waals surface area contributed by atoms with E-state index in [9.17, 15) is 22.8 Å². The summed E-state index contributed by atoms with van der Waals surface area (Å²) in [4.78, 5) is 26.6. The molecule has 0 spiro atoms. The van der Waals surface area contributed by atoms with E-state index in [1.807, 2.05) is 42.5 Å². The molecule has 0 bridgehead atoms. The number of aromatic nitrogens is 1. The Kier molecular flexibility index (Phi) is 7.72. The van der Waals surface area contributed by atoms with Crippen LogP contribution in [0, 0.1) is 0 Å². The lowest BCUT2D eigenvalue weighted by Gasteiger charge is -2.20. The van der Waals surface area contributed by atoms with Gasteiger partial charge in [0, 0.05) is 25.5 Å². The van der Waals surface area contributed by atoms with Crippen molar-refractivity contribution in [1.29, 1.82) is 0 Å². The average molecular weight is 582 g/mol. The predicted octanol–water partition coefficient (Wildman–Crippen LogP) is 7.81. The lowest BCUT2D eigenvalue weighted by molar-refractivity contribution is -0.146. The van der Waals surface area contributed by atoms with Crippen molar-refractivity contribution in [2.24, 2.45) is 0 Å². The second-order valence-corrected chi connectivity index (χ2v) is 17.9. The van der Waals surface area contributed by atoms with E-state index in [4.69, 9.17) is 4.74 Å². The number of fused-ring (bicyclic) bond motifs is 2. The zero-order valence-corrected chi connectivity index (χ0v) is 24.4. The van der Waals surface area contributed by atoms with Crippen molar-refractivity contribution in [1.82, 2.24) is 4.57 Å². The maximum Gasteiger partial charge on any atom is 0.416 e. The second kappa shape index (κ2) is 10.9. The second-order valence-electron chi connectivity index (χ2n) is 11.3. The van der Waals surface area contributed by atoms with Crippen LogP contribution >= 0.6 is 11.8 Å². The zero-order chi connectivity index (χ0) is 28.7. The van der Waals surface area contributed by atoms with E-state index in [2.05, 4.69) is 19.6 Å². The third-order valence-electron chi connectivity index (χ3n) is 7.09. The highest BCUT2D eigenvalue weighted by atomic mass is 32.2. The summed E-state index contributed by atoms with van der Waals surface area (Å²) in [7, 11) is -1.43. The lowest BCUT2D eigenvalue weighted by Crippen LogP contribution is -2.31. The number of hydrogen-bond acceptors (Lipinski definition) is 4. The first-order valence-electron chi connectivity index (χ1n) is 13.1. The Balaban J connectivity index is 1.62. The summed E-state index contributed by atoms with van der Waals surface area (Å²) < 4.78 is 48.1. The molecule has 5 rings (SSSR count). The Labute approximate surface area is 236 Å². The summed E-state index contributed by atoms with van der Waals surface area (Å²) >= 11 is 1.31. The Bertz CT molecular complexity index is 1640. The summed E-state index contributed by atoms with van der Waals surface area (Å²) in [5.74, 6) is -0.201. The van der Waals surface area contributed by atoms with E-state index in [-0.39, 0.29) is 11.3 Å². The van der Waals surface area contributed by atoms with Crippen molar-refractivity contribution >= 4 is 36.6 Å². The van der Waals surface area contributed by atoms with Gasteiger partial charge in [-0.15, -0.1) is 11.8 Å². The number of pyridine rings is 1. The van der Waals surface area contributed by atoms with Gasteiger partial charge in [-0.1, -0.05) is 74.2 Å². The van der Waals surface area contributed by atoms with Gasteiger partial charge in [0.1, 0.15) is 6.04 Å². The fourth-order valence-corrected chi connectivity index (χ4v) is 7.06. The average Bonchev–Trinajstić information content (AvgIpc) is 3.34. The molecule has 1 aliphatic rings. The molecule has 4 nitrogen and oxygen atoms in total. The number of alkyl halides is 3. The molecule has 0 saturated carbocycles. The molecule has 0 radical (unpaired) electrons. The molecule has 3 aromatic carbocycles. The predicted molar refractivity (Wildman–Crippen MR) is 157 cm³/mol. The van der Waals surface area contributed by atoms with Crippen molar-refractivity contribution in [3.8, 4) is 11.1 Å². The van der Waals surface area contributed by atoms with Crippen LogP contribution in [-0.2, 0) is 22.1 Å².